The maximum Gasteiger partial charge on any atom is 0.337 e. The highest BCUT2D eigenvalue weighted by Gasteiger charge is 2.17. The van der Waals surface area contributed by atoms with E-state index in [1.807, 2.05) is 9.44 Å². The average molecular weight is 265 g/mol. The van der Waals surface area contributed by atoms with Crippen molar-refractivity contribution in [2.45, 2.75) is 0 Å². The zero-order chi connectivity index (χ0) is 12.3. The molecule has 0 heterocycles. The zero-order valence-corrected chi connectivity index (χ0v) is 9.76. The van der Waals surface area contributed by atoms with Crippen molar-refractivity contribution in [3.63, 3.8) is 0 Å². The van der Waals surface area contributed by atoms with Crippen molar-refractivity contribution in [2.24, 2.45) is 0 Å². The third kappa shape index (κ3) is 2.84. The molecule has 0 bridgehead atoms. The van der Waals surface area contributed by atoms with Crippen LogP contribution >= 0.6 is 11.6 Å². The highest BCUT2D eigenvalue weighted by atomic mass is 35.5. The molecule has 6 nitrogen and oxygen atoms in total. The van der Waals surface area contributed by atoms with Gasteiger partial charge in [0.1, 0.15) is 0 Å². The second-order valence-corrected chi connectivity index (χ2v) is 4.80. The van der Waals surface area contributed by atoms with Gasteiger partial charge in [-0.3, -0.25) is 4.72 Å². The topological polar surface area (TPSA) is 95.5 Å². The Kier molecular flexibility index (Phi) is 3.74. The van der Waals surface area contributed by atoms with Crippen LogP contribution in [0.1, 0.15) is 10.4 Å². The fourth-order valence-electron chi connectivity index (χ4n) is 0.991. The molecule has 1 aromatic rings. The lowest BCUT2D eigenvalue weighted by atomic mass is 10.2. The van der Waals surface area contributed by atoms with E-state index in [-0.39, 0.29) is 16.3 Å². The summed E-state index contributed by atoms with van der Waals surface area (Å²) in [6.45, 7) is 0. The fourth-order valence-corrected chi connectivity index (χ4v) is 1.86. The minimum atomic E-state index is -3.80. The Hall–Kier alpha value is -1.31. The normalized spacial score (nSPS) is 11.1. The number of halogens is 1. The van der Waals surface area contributed by atoms with Crippen LogP contribution in [0.2, 0.25) is 5.02 Å². The number of carboxylic acid groups (broad SMARTS) is 1. The minimum Gasteiger partial charge on any atom is -0.478 e. The van der Waals surface area contributed by atoms with Gasteiger partial charge in [0, 0.05) is 7.05 Å². The van der Waals surface area contributed by atoms with Gasteiger partial charge >= 0.3 is 5.97 Å². The summed E-state index contributed by atoms with van der Waals surface area (Å²) in [7, 11) is -2.60. The number of hydrogen-bond donors (Lipinski definition) is 3. The second-order valence-electron chi connectivity index (χ2n) is 2.78. The van der Waals surface area contributed by atoms with Crippen molar-refractivity contribution in [3.8, 4) is 0 Å². The van der Waals surface area contributed by atoms with E-state index in [0.29, 0.717) is 0 Å². The molecule has 8 heteroatoms. The Bertz CT molecular complexity index is 515. The molecule has 0 saturated carbocycles. The molecule has 3 N–H and O–H groups in total. The first kappa shape index (κ1) is 12.8. The molecule has 0 fully saturated rings. The smallest absolute Gasteiger partial charge is 0.337 e. The van der Waals surface area contributed by atoms with Crippen LogP contribution in [0, 0.1) is 0 Å². The number of nitrogens with one attached hydrogen (secondary N) is 2. The average Bonchev–Trinajstić information content (AvgIpc) is 2.20. The van der Waals surface area contributed by atoms with Crippen molar-refractivity contribution in [1.82, 2.24) is 4.72 Å². The highest BCUT2D eigenvalue weighted by Crippen LogP contribution is 2.26. The SMILES string of the molecule is CNS(=O)(=O)Nc1c(Cl)cccc1C(=O)O. The minimum absolute atomic E-state index is 0.0127. The fraction of sp³-hybridized carbons (Fsp3) is 0.125. The van der Waals surface area contributed by atoms with Gasteiger partial charge in [-0.05, 0) is 12.1 Å². The summed E-state index contributed by atoms with van der Waals surface area (Å²) in [5.74, 6) is -1.27. The number of para-hydroxylation sites is 1. The molecule has 1 rings (SSSR count). The second kappa shape index (κ2) is 4.69. The number of aromatic carboxylic acids is 1. The molecule has 0 spiro atoms. The van der Waals surface area contributed by atoms with E-state index in [1.165, 1.54) is 25.2 Å². The van der Waals surface area contributed by atoms with E-state index in [4.69, 9.17) is 16.7 Å². The van der Waals surface area contributed by atoms with Gasteiger partial charge < -0.3 is 5.11 Å². The van der Waals surface area contributed by atoms with Crippen LogP contribution in [-0.4, -0.2) is 26.5 Å². The number of benzene rings is 1. The van der Waals surface area contributed by atoms with Gasteiger partial charge in [-0.1, -0.05) is 17.7 Å². The lowest BCUT2D eigenvalue weighted by molar-refractivity contribution is 0.0698. The lowest BCUT2D eigenvalue weighted by Crippen LogP contribution is -2.27. The van der Waals surface area contributed by atoms with Crippen molar-refractivity contribution in [2.75, 3.05) is 11.8 Å². The van der Waals surface area contributed by atoms with Gasteiger partial charge in [-0.2, -0.15) is 8.42 Å². The lowest BCUT2D eigenvalue weighted by Gasteiger charge is -2.10. The van der Waals surface area contributed by atoms with Gasteiger partial charge in [0.2, 0.25) is 0 Å². The summed E-state index contributed by atoms with van der Waals surface area (Å²) >= 11 is 5.72. The third-order valence-electron chi connectivity index (χ3n) is 1.75. The van der Waals surface area contributed by atoms with E-state index in [9.17, 15) is 13.2 Å². The first-order valence-corrected chi connectivity index (χ1v) is 5.96. The number of carbonyl (C=O) groups is 1. The summed E-state index contributed by atoms with van der Waals surface area (Å²) in [5.41, 5.74) is -0.377. The molecule has 0 radical (unpaired) electrons. The van der Waals surface area contributed by atoms with Crippen LogP contribution < -0.4 is 9.44 Å². The van der Waals surface area contributed by atoms with Crippen molar-refractivity contribution in [1.29, 1.82) is 0 Å². The molecular formula is C8H9ClN2O4S. The van der Waals surface area contributed by atoms with Gasteiger partial charge in [0.05, 0.1) is 16.3 Å². The molecule has 0 unspecified atom stereocenters. The summed E-state index contributed by atoms with van der Waals surface area (Å²) in [5, 5.41) is 8.86. The zero-order valence-electron chi connectivity index (χ0n) is 8.19. The summed E-state index contributed by atoms with van der Waals surface area (Å²) in [4.78, 5) is 10.8. The van der Waals surface area contributed by atoms with Crippen molar-refractivity contribution < 1.29 is 18.3 Å². The molecule has 0 aliphatic carbocycles. The summed E-state index contributed by atoms with van der Waals surface area (Å²) in [6, 6.07) is 4.06. The first-order valence-electron chi connectivity index (χ1n) is 4.10. The number of anilines is 1. The molecule has 0 saturated heterocycles. The Morgan fingerprint density at radius 3 is 2.56 bits per heavy atom. The highest BCUT2D eigenvalue weighted by molar-refractivity contribution is 7.90. The largest absolute Gasteiger partial charge is 0.478 e. The van der Waals surface area contributed by atoms with E-state index in [1.54, 1.807) is 0 Å². The number of carboxylic acids is 1. The standard InChI is InChI=1S/C8H9ClN2O4S/c1-10-16(14,15)11-7-5(8(12)13)3-2-4-6(7)9/h2-4,10-11H,1H3,(H,12,13). The van der Waals surface area contributed by atoms with E-state index in [0.717, 1.165) is 0 Å². The molecule has 0 amide bonds. The first-order chi connectivity index (χ1) is 7.37. The quantitative estimate of drug-likeness (QED) is 0.753. The van der Waals surface area contributed by atoms with Crippen LogP contribution in [-0.2, 0) is 10.2 Å². The van der Waals surface area contributed by atoms with E-state index >= 15 is 0 Å². The van der Waals surface area contributed by atoms with Crippen LogP contribution in [0.5, 0.6) is 0 Å². The Labute approximate surface area is 97.4 Å². The van der Waals surface area contributed by atoms with Crippen LogP contribution in [0.4, 0.5) is 5.69 Å². The molecule has 0 aliphatic rings. The Balaban J connectivity index is 3.27. The molecule has 0 aliphatic heterocycles. The molecule has 16 heavy (non-hydrogen) atoms. The van der Waals surface area contributed by atoms with Gasteiger partial charge in [0.25, 0.3) is 10.2 Å². The Morgan fingerprint density at radius 1 is 1.44 bits per heavy atom. The predicted octanol–water partition coefficient (Wildman–Crippen LogP) is 0.914. The van der Waals surface area contributed by atoms with Crippen LogP contribution in [0.3, 0.4) is 0 Å². The van der Waals surface area contributed by atoms with E-state index in [2.05, 4.69) is 0 Å². The van der Waals surface area contributed by atoms with Gasteiger partial charge in [-0.25, -0.2) is 9.52 Å². The molecule has 0 aromatic heterocycles. The van der Waals surface area contributed by atoms with Gasteiger partial charge in [0.15, 0.2) is 0 Å². The monoisotopic (exact) mass is 264 g/mol. The number of rotatable bonds is 4. The predicted molar refractivity (Wildman–Crippen MR) is 60.0 cm³/mol. The summed E-state index contributed by atoms with van der Waals surface area (Å²) < 4.78 is 26.5. The van der Waals surface area contributed by atoms with E-state index < -0.39 is 16.2 Å². The van der Waals surface area contributed by atoms with Crippen molar-refractivity contribution >= 4 is 33.5 Å². The maximum absolute atomic E-state index is 11.2. The molecule has 1 aromatic carbocycles. The Morgan fingerprint density at radius 2 is 2.06 bits per heavy atom. The molecular weight excluding hydrogens is 256 g/mol. The maximum atomic E-state index is 11.2. The van der Waals surface area contributed by atoms with Crippen molar-refractivity contribution in [3.05, 3.63) is 28.8 Å². The van der Waals surface area contributed by atoms with Gasteiger partial charge in [-0.15, -0.1) is 0 Å². The molecule has 88 valence electrons. The number of hydrogen-bond acceptors (Lipinski definition) is 3. The summed E-state index contributed by atoms with van der Waals surface area (Å²) in [6.07, 6.45) is 0. The van der Waals surface area contributed by atoms with Crippen LogP contribution in [0.25, 0.3) is 0 Å². The van der Waals surface area contributed by atoms with Crippen LogP contribution in [0.15, 0.2) is 18.2 Å². The third-order valence-corrected chi connectivity index (χ3v) is 3.07. The molecule has 0 atom stereocenters.